The lowest BCUT2D eigenvalue weighted by Gasteiger charge is -2.11. The second-order valence-corrected chi connectivity index (χ2v) is 2.97. The molecule has 0 saturated heterocycles. The van der Waals surface area contributed by atoms with Gasteiger partial charge in [0, 0.05) is 0 Å². The maximum absolute atomic E-state index is 10.7. The van der Waals surface area contributed by atoms with Crippen LogP contribution in [0.15, 0.2) is 24.3 Å². The lowest BCUT2D eigenvalue weighted by Crippen LogP contribution is -2.30. The molecule has 0 saturated carbocycles. The number of aliphatic hydroxyl groups is 1. The summed E-state index contributed by atoms with van der Waals surface area (Å²) in [4.78, 5) is 10.7. The number of carbonyl (C=O) groups is 1. The predicted molar refractivity (Wildman–Crippen MR) is 51.6 cm³/mol. The molecular weight excluding hydrogens is 182 g/mol. The molecule has 0 radical (unpaired) electrons. The number of rotatable bonds is 4. The number of carbonyl (C=O) groups excluding carboxylic acids is 1. The monoisotopic (exact) mass is 195 g/mol. The number of aliphatic hydroxyl groups excluding tert-OH is 1. The average molecular weight is 195 g/mol. The Morgan fingerprint density at radius 3 is 2.93 bits per heavy atom. The zero-order valence-electron chi connectivity index (χ0n) is 7.93. The zero-order chi connectivity index (χ0) is 10.6. The number of primary amides is 1. The van der Waals surface area contributed by atoms with Crippen molar-refractivity contribution in [3.8, 4) is 5.75 Å². The van der Waals surface area contributed by atoms with E-state index in [1.54, 1.807) is 31.2 Å². The lowest BCUT2D eigenvalue weighted by molar-refractivity contribution is -0.123. The van der Waals surface area contributed by atoms with Gasteiger partial charge >= 0.3 is 0 Å². The summed E-state index contributed by atoms with van der Waals surface area (Å²) in [5, 5.41) is 8.86. The van der Waals surface area contributed by atoms with Gasteiger partial charge < -0.3 is 15.6 Å². The highest BCUT2D eigenvalue weighted by Gasteiger charge is 2.09. The molecule has 14 heavy (non-hydrogen) atoms. The molecule has 76 valence electrons. The predicted octanol–water partition coefficient (Wildman–Crippen LogP) is 0.432. The van der Waals surface area contributed by atoms with Gasteiger partial charge in [0.1, 0.15) is 5.75 Å². The summed E-state index contributed by atoms with van der Waals surface area (Å²) in [6, 6.07) is 6.88. The third-order valence-corrected chi connectivity index (χ3v) is 1.79. The van der Waals surface area contributed by atoms with E-state index >= 15 is 0 Å². The van der Waals surface area contributed by atoms with Gasteiger partial charge in [0.05, 0.1) is 6.61 Å². The Morgan fingerprint density at radius 1 is 1.64 bits per heavy atom. The van der Waals surface area contributed by atoms with Gasteiger partial charge in [-0.2, -0.15) is 0 Å². The van der Waals surface area contributed by atoms with Crippen LogP contribution in [0.5, 0.6) is 5.75 Å². The van der Waals surface area contributed by atoms with Gasteiger partial charge in [-0.05, 0) is 24.6 Å². The standard InChI is InChI=1S/C10H13NO3/c1-7(10(11)13)14-9-4-2-3-8(5-9)6-12/h2-5,7,12H,6H2,1H3,(H2,11,13). The van der Waals surface area contributed by atoms with Crippen LogP contribution < -0.4 is 10.5 Å². The molecule has 0 spiro atoms. The highest BCUT2D eigenvalue weighted by atomic mass is 16.5. The molecular formula is C10H13NO3. The summed E-state index contributed by atoms with van der Waals surface area (Å²) in [7, 11) is 0. The smallest absolute Gasteiger partial charge is 0.258 e. The SMILES string of the molecule is CC(Oc1cccc(CO)c1)C(N)=O. The Hall–Kier alpha value is -1.55. The van der Waals surface area contributed by atoms with E-state index in [2.05, 4.69) is 0 Å². The third-order valence-electron chi connectivity index (χ3n) is 1.79. The average Bonchev–Trinajstić information content (AvgIpc) is 2.18. The van der Waals surface area contributed by atoms with E-state index in [0.717, 1.165) is 5.56 Å². The minimum atomic E-state index is -0.663. The molecule has 1 atom stereocenters. The topological polar surface area (TPSA) is 72.6 Å². The molecule has 0 aromatic heterocycles. The number of amides is 1. The van der Waals surface area contributed by atoms with Crippen molar-refractivity contribution in [1.29, 1.82) is 0 Å². The molecule has 1 rings (SSSR count). The van der Waals surface area contributed by atoms with Crippen molar-refractivity contribution >= 4 is 5.91 Å². The molecule has 0 fully saturated rings. The van der Waals surface area contributed by atoms with Crippen LogP contribution in [0.4, 0.5) is 0 Å². The largest absolute Gasteiger partial charge is 0.481 e. The first-order chi connectivity index (χ1) is 6.63. The van der Waals surface area contributed by atoms with Gasteiger partial charge in [0.2, 0.25) is 0 Å². The molecule has 0 aliphatic carbocycles. The Morgan fingerprint density at radius 2 is 2.36 bits per heavy atom. The van der Waals surface area contributed by atoms with Crippen molar-refractivity contribution in [2.45, 2.75) is 19.6 Å². The second-order valence-electron chi connectivity index (χ2n) is 2.97. The fourth-order valence-corrected chi connectivity index (χ4v) is 0.979. The Bertz CT molecular complexity index is 325. The summed E-state index contributed by atoms with van der Waals surface area (Å²) in [6.07, 6.45) is -0.663. The van der Waals surface area contributed by atoms with Crippen molar-refractivity contribution < 1.29 is 14.6 Å². The van der Waals surface area contributed by atoms with Gasteiger partial charge in [-0.25, -0.2) is 0 Å². The zero-order valence-corrected chi connectivity index (χ0v) is 7.93. The molecule has 1 unspecified atom stereocenters. The Labute approximate surface area is 82.3 Å². The summed E-state index contributed by atoms with van der Waals surface area (Å²) in [5.74, 6) is 0.0160. The van der Waals surface area contributed by atoms with E-state index in [9.17, 15) is 4.79 Å². The van der Waals surface area contributed by atoms with Crippen molar-refractivity contribution in [3.05, 3.63) is 29.8 Å². The van der Waals surface area contributed by atoms with Crippen molar-refractivity contribution in [2.75, 3.05) is 0 Å². The molecule has 0 aliphatic rings. The quantitative estimate of drug-likeness (QED) is 0.731. The van der Waals surface area contributed by atoms with Crippen LogP contribution in [-0.2, 0) is 11.4 Å². The van der Waals surface area contributed by atoms with E-state index in [4.69, 9.17) is 15.6 Å². The van der Waals surface area contributed by atoms with E-state index in [1.165, 1.54) is 0 Å². The number of benzene rings is 1. The van der Waals surface area contributed by atoms with Gasteiger partial charge in [0.15, 0.2) is 6.10 Å². The van der Waals surface area contributed by atoms with Crippen molar-refractivity contribution in [3.63, 3.8) is 0 Å². The van der Waals surface area contributed by atoms with Crippen LogP contribution in [0.1, 0.15) is 12.5 Å². The fourth-order valence-electron chi connectivity index (χ4n) is 0.979. The van der Waals surface area contributed by atoms with Gasteiger partial charge in [-0.3, -0.25) is 4.79 Å². The molecule has 0 aliphatic heterocycles. The molecule has 1 aromatic rings. The van der Waals surface area contributed by atoms with Crippen molar-refractivity contribution in [1.82, 2.24) is 0 Å². The van der Waals surface area contributed by atoms with E-state index < -0.39 is 12.0 Å². The molecule has 0 heterocycles. The summed E-state index contributed by atoms with van der Waals surface area (Å²) >= 11 is 0. The molecule has 4 nitrogen and oxygen atoms in total. The first kappa shape index (κ1) is 10.5. The van der Waals surface area contributed by atoms with Gasteiger partial charge in [0.25, 0.3) is 5.91 Å². The molecule has 3 N–H and O–H groups in total. The Kier molecular flexibility index (Phi) is 3.48. The number of hydrogen-bond donors (Lipinski definition) is 2. The summed E-state index contributed by atoms with van der Waals surface area (Å²) in [6.45, 7) is 1.52. The first-order valence-corrected chi connectivity index (χ1v) is 4.29. The van der Waals surface area contributed by atoms with Crippen LogP contribution in [0, 0.1) is 0 Å². The van der Waals surface area contributed by atoms with E-state index in [1.807, 2.05) is 0 Å². The first-order valence-electron chi connectivity index (χ1n) is 4.29. The third kappa shape index (κ3) is 2.74. The van der Waals surface area contributed by atoms with Crippen LogP contribution in [0.25, 0.3) is 0 Å². The highest BCUT2D eigenvalue weighted by molar-refractivity contribution is 5.78. The minimum absolute atomic E-state index is 0.0534. The van der Waals surface area contributed by atoms with Gasteiger partial charge in [-0.15, -0.1) is 0 Å². The highest BCUT2D eigenvalue weighted by Crippen LogP contribution is 2.14. The number of nitrogens with two attached hydrogens (primary N) is 1. The Balaban J connectivity index is 2.71. The van der Waals surface area contributed by atoms with E-state index in [-0.39, 0.29) is 6.61 Å². The summed E-state index contributed by atoms with van der Waals surface area (Å²) < 4.78 is 5.23. The normalized spacial score (nSPS) is 12.1. The number of hydrogen-bond acceptors (Lipinski definition) is 3. The maximum atomic E-state index is 10.7. The molecule has 0 bridgehead atoms. The fraction of sp³-hybridized carbons (Fsp3) is 0.300. The maximum Gasteiger partial charge on any atom is 0.258 e. The summed E-state index contributed by atoms with van der Waals surface area (Å²) in [5.41, 5.74) is 5.78. The van der Waals surface area contributed by atoms with Crippen LogP contribution >= 0.6 is 0 Å². The van der Waals surface area contributed by atoms with Gasteiger partial charge in [-0.1, -0.05) is 12.1 Å². The number of ether oxygens (including phenoxy) is 1. The van der Waals surface area contributed by atoms with E-state index in [0.29, 0.717) is 5.75 Å². The van der Waals surface area contributed by atoms with Crippen molar-refractivity contribution in [2.24, 2.45) is 5.73 Å². The second kappa shape index (κ2) is 4.62. The minimum Gasteiger partial charge on any atom is -0.481 e. The molecule has 4 heteroatoms. The van der Waals surface area contributed by atoms with Crippen LogP contribution in [0.2, 0.25) is 0 Å². The van der Waals surface area contributed by atoms with Crippen LogP contribution in [-0.4, -0.2) is 17.1 Å². The molecule has 1 aromatic carbocycles. The molecule has 1 amide bonds. The lowest BCUT2D eigenvalue weighted by atomic mass is 10.2. The van der Waals surface area contributed by atoms with Crippen LogP contribution in [0.3, 0.4) is 0 Å².